The third-order valence-electron chi connectivity index (χ3n) is 2.92. The summed E-state index contributed by atoms with van der Waals surface area (Å²) in [7, 11) is 0. The number of benzene rings is 1. The first-order chi connectivity index (χ1) is 9.72. The fourth-order valence-corrected chi connectivity index (χ4v) is 1.94. The number of amides is 1. The maximum atomic E-state index is 11.6. The fourth-order valence-electron chi connectivity index (χ4n) is 1.94. The minimum atomic E-state index is 0.0647. The van der Waals surface area contributed by atoms with Crippen molar-refractivity contribution in [1.29, 1.82) is 0 Å². The van der Waals surface area contributed by atoms with Crippen molar-refractivity contribution in [2.24, 2.45) is 0 Å². The molecular weight excluding hydrogens is 252 g/mol. The number of nitrogens with one attached hydrogen (secondary N) is 2. The molecule has 0 fully saturated rings. The molecule has 112 valence electrons. The Bertz CT molecular complexity index is 368. The number of para-hydroxylation sites is 1. The average molecular weight is 278 g/mol. The van der Waals surface area contributed by atoms with Crippen LogP contribution >= 0.6 is 0 Å². The first-order valence-corrected chi connectivity index (χ1v) is 7.40. The number of ether oxygens (including phenoxy) is 1. The number of hydrogen-bond acceptors (Lipinski definition) is 3. The van der Waals surface area contributed by atoms with Crippen molar-refractivity contribution in [1.82, 2.24) is 10.6 Å². The minimum Gasteiger partial charge on any atom is -0.494 e. The molecule has 0 radical (unpaired) electrons. The highest BCUT2D eigenvalue weighted by Gasteiger charge is 2.05. The van der Waals surface area contributed by atoms with Gasteiger partial charge in [0.25, 0.3) is 0 Å². The van der Waals surface area contributed by atoms with Gasteiger partial charge in [-0.3, -0.25) is 4.79 Å². The van der Waals surface area contributed by atoms with Crippen LogP contribution in [0.1, 0.15) is 33.1 Å². The van der Waals surface area contributed by atoms with E-state index >= 15 is 0 Å². The first kappa shape index (κ1) is 16.5. The molecule has 1 rings (SSSR count). The molecule has 1 aromatic carbocycles. The Morgan fingerprint density at radius 3 is 2.75 bits per heavy atom. The van der Waals surface area contributed by atoms with E-state index in [-0.39, 0.29) is 11.9 Å². The zero-order chi connectivity index (χ0) is 14.6. The van der Waals surface area contributed by atoms with E-state index in [4.69, 9.17) is 4.74 Å². The SMILES string of the molecule is CCCC(C)NC(=O)CNCCCOc1ccccc1. The standard InChI is InChI=1S/C16H26N2O2/c1-3-8-14(2)18-16(19)13-17-11-7-12-20-15-9-5-4-6-10-15/h4-6,9-10,14,17H,3,7-8,11-13H2,1-2H3,(H,18,19). The van der Waals surface area contributed by atoms with E-state index in [1.54, 1.807) is 0 Å². The smallest absolute Gasteiger partial charge is 0.234 e. The van der Waals surface area contributed by atoms with Crippen molar-refractivity contribution >= 4 is 5.91 Å². The Balaban J connectivity index is 1.98. The molecule has 1 aromatic rings. The van der Waals surface area contributed by atoms with Crippen LogP contribution in [0.15, 0.2) is 30.3 Å². The lowest BCUT2D eigenvalue weighted by Gasteiger charge is -2.13. The molecule has 0 aromatic heterocycles. The molecule has 0 heterocycles. The molecule has 1 amide bonds. The van der Waals surface area contributed by atoms with Crippen LogP contribution in [0.5, 0.6) is 5.75 Å². The molecule has 0 bridgehead atoms. The van der Waals surface area contributed by atoms with Gasteiger partial charge in [-0.25, -0.2) is 0 Å². The molecule has 0 saturated heterocycles. The molecule has 1 atom stereocenters. The molecule has 0 saturated carbocycles. The summed E-state index contributed by atoms with van der Waals surface area (Å²) in [6.45, 7) is 5.97. The summed E-state index contributed by atoms with van der Waals surface area (Å²) in [6.07, 6.45) is 3.00. The van der Waals surface area contributed by atoms with Gasteiger partial charge in [-0.1, -0.05) is 31.5 Å². The van der Waals surface area contributed by atoms with Gasteiger partial charge in [0.2, 0.25) is 5.91 Å². The summed E-state index contributed by atoms with van der Waals surface area (Å²) in [5.41, 5.74) is 0. The Hall–Kier alpha value is -1.55. The summed E-state index contributed by atoms with van der Waals surface area (Å²) >= 11 is 0. The van der Waals surface area contributed by atoms with Crippen LogP contribution in [0.2, 0.25) is 0 Å². The summed E-state index contributed by atoms with van der Waals surface area (Å²) < 4.78 is 5.57. The van der Waals surface area contributed by atoms with Crippen molar-refractivity contribution < 1.29 is 9.53 Å². The maximum absolute atomic E-state index is 11.6. The molecule has 0 aliphatic carbocycles. The highest BCUT2D eigenvalue weighted by Crippen LogP contribution is 2.07. The van der Waals surface area contributed by atoms with Crippen LogP contribution < -0.4 is 15.4 Å². The Labute approximate surface area is 121 Å². The van der Waals surface area contributed by atoms with Crippen LogP contribution in [0.4, 0.5) is 0 Å². The van der Waals surface area contributed by atoms with E-state index < -0.39 is 0 Å². The predicted molar refractivity (Wildman–Crippen MR) is 81.9 cm³/mol. The second-order valence-electron chi connectivity index (χ2n) is 4.95. The van der Waals surface area contributed by atoms with Crippen LogP contribution in [-0.4, -0.2) is 31.6 Å². The molecule has 20 heavy (non-hydrogen) atoms. The maximum Gasteiger partial charge on any atom is 0.234 e. The second kappa shape index (κ2) is 10.3. The van der Waals surface area contributed by atoms with Crippen molar-refractivity contribution in [3.8, 4) is 5.75 Å². The van der Waals surface area contributed by atoms with Gasteiger partial charge in [0.05, 0.1) is 13.2 Å². The van der Waals surface area contributed by atoms with Crippen LogP contribution in [0, 0.1) is 0 Å². The van der Waals surface area contributed by atoms with E-state index in [1.165, 1.54) is 0 Å². The lowest BCUT2D eigenvalue weighted by atomic mass is 10.2. The molecule has 1 unspecified atom stereocenters. The van der Waals surface area contributed by atoms with Gasteiger partial charge in [0, 0.05) is 6.04 Å². The quantitative estimate of drug-likeness (QED) is 0.646. The van der Waals surface area contributed by atoms with Gasteiger partial charge in [-0.05, 0) is 38.4 Å². The number of rotatable bonds is 10. The molecule has 2 N–H and O–H groups in total. The molecule has 0 spiro atoms. The summed E-state index contributed by atoms with van der Waals surface area (Å²) in [4.78, 5) is 11.6. The number of hydrogen-bond donors (Lipinski definition) is 2. The van der Waals surface area contributed by atoms with Gasteiger partial charge < -0.3 is 15.4 Å². The van der Waals surface area contributed by atoms with Gasteiger partial charge in [0.15, 0.2) is 0 Å². The highest BCUT2D eigenvalue weighted by atomic mass is 16.5. The molecule has 4 nitrogen and oxygen atoms in total. The van der Waals surface area contributed by atoms with E-state index in [0.717, 1.165) is 31.6 Å². The van der Waals surface area contributed by atoms with Crippen LogP contribution in [-0.2, 0) is 4.79 Å². The Morgan fingerprint density at radius 1 is 1.30 bits per heavy atom. The third-order valence-corrected chi connectivity index (χ3v) is 2.92. The highest BCUT2D eigenvalue weighted by molar-refractivity contribution is 5.78. The predicted octanol–water partition coefficient (Wildman–Crippen LogP) is 2.35. The van der Waals surface area contributed by atoms with Gasteiger partial charge >= 0.3 is 0 Å². The van der Waals surface area contributed by atoms with E-state index in [2.05, 4.69) is 17.6 Å². The number of carbonyl (C=O) groups is 1. The van der Waals surface area contributed by atoms with E-state index in [9.17, 15) is 4.79 Å². The molecule has 4 heteroatoms. The zero-order valence-corrected chi connectivity index (χ0v) is 12.5. The topological polar surface area (TPSA) is 50.4 Å². The van der Waals surface area contributed by atoms with Crippen LogP contribution in [0.25, 0.3) is 0 Å². The zero-order valence-electron chi connectivity index (χ0n) is 12.5. The average Bonchev–Trinajstić information content (AvgIpc) is 2.44. The number of carbonyl (C=O) groups excluding carboxylic acids is 1. The van der Waals surface area contributed by atoms with Crippen LogP contribution in [0.3, 0.4) is 0 Å². The summed E-state index contributed by atoms with van der Waals surface area (Å²) in [5, 5.41) is 6.09. The van der Waals surface area contributed by atoms with Crippen molar-refractivity contribution in [3.05, 3.63) is 30.3 Å². The lowest BCUT2D eigenvalue weighted by molar-refractivity contribution is -0.120. The Morgan fingerprint density at radius 2 is 2.05 bits per heavy atom. The van der Waals surface area contributed by atoms with Crippen molar-refractivity contribution in [2.75, 3.05) is 19.7 Å². The van der Waals surface area contributed by atoms with Gasteiger partial charge in [-0.2, -0.15) is 0 Å². The first-order valence-electron chi connectivity index (χ1n) is 7.40. The normalized spacial score (nSPS) is 11.9. The van der Waals surface area contributed by atoms with E-state index in [0.29, 0.717) is 13.2 Å². The molecular formula is C16H26N2O2. The molecule has 0 aliphatic heterocycles. The monoisotopic (exact) mass is 278 g/mol. The largest absolute Gasteiger partial charge is 0.494 e. The fraction of sp³-hybridized carbons (Fsp3) is 0.562. The lowest BCUT2D eigenvalue weighted by Crippen LogP contribution is -2.39. The summed E-state index contributed by atoms with van der Waals surface area (Å²) in [6, 6.07) is 10.0. The van der Waals surface area contributed by atoms with Gasteiger partial charge in [0.1, 0.15) is 5.75 Å². The minimum absolute atomic E-state index is 0.0647. The summed E-state index contributed by atoms with van der Waals surface area (Å²) in [5.74, 6) is 0.952. The molecule has 0 aliphatic rings. The van der Waals surface area contributed by atoms with Crippen molar-refractivity contribution in [3.63, 3.8) is 0 Å². The third kappa shape index (κ3) is 7.79. The van der Waals surface area contributed by atoms with Gasteiger partial charge in [-0.15, -0.1) is 0 Å². The Kier molecular flexibility index (Phi) is 8.47. The van der Waals surface area contributed by atoms with Crippen molar-refractivity contribution in [2.45, 2.75) is 39.2 Å². The van der Waals surface area contributed by atoms with E-state index in [1.807, 2.05) is 37.3 Å². The second-order valence-corrected chi connectivity index (χ2v) is 4.95.